The number of carboxylic acid groups (broad SMARTS) is 2. The number of unbranched alkanes of at least 4 members (excludes halogenated alkanes) is 2. The number of allylic oxidation sites excluding steroid dienone is 8. The fourth-order valence-corrected chi connectivity index (χ4v) is 9.71. The van der Waals surface area contributed by atoms with E-state index in [9.17, 15) is 71.7 Å². The third-order valence-corrected chi connectivity index (χ3v) is 13.6. The number of anilines is 1. The third-order valence-electron chi connectivity index (χ3n) is 10.3. The van der Waals surface area contributed by atoms with Gasteiger partial charge in [0, 0.05) is 59.0 Å². The number of carboxylic acids is 2. The Balaban J connectivity index is 1.76. The second-order valence-electron chi connectivity index (χ2n) is 14.9. The molecule has 0 aliphatic carbocycles. The Morgan fingerprint density at radius 1 is 0.750 bits per heavy atom. The van der Waals surface area contributed by atoms with Crippen LogP contribution in [-0.4, -0.2) is 109 Å². The number of benzene rings is 2. The molecule has 0 saturated carbocycles. The van der Waals surface area contributed by atoms with Crippen LogP contribution in [0.5, 0.6) is 0 Å². The van der Waals surface area contributed by atoms with Gasteiger partial charge in [-0.05, 0) is 82.0 Å². The van der Waals surface area contributed by atoms with Gasteiger partial charge in [0.05, 0.1) is 48.3 Å². The molecule has 2 aromatic rings. The molecule has 4 N–H and O–H groups in total. The number of carbonyl (C=O) groups is 2. The first-order chi connectivity index (χ1) is 27.6. The Morgan fingerprint density at radius 2 is 1.28 bits per heavy atom. The lowest BCUT2D eigenvalue weighted by Crippen LogP contribution is -2.34. The quantitative estimate of drug-likeness (QED) is 0.0634. The van der Waals surface area contributed by atoms with Crippen LogP contribution in [0.3, 0.4) is 0 Å². The maximum Gasteiger partial charge on any atom is 0.304 e. The van der Waals surface area contributed by atoms with Crippen molar-refractivity contribution in [3.8, 4) is 0 Å². The van der Waals surface area contributed by atoms with Gasteiger partial charge in [-0.15, -0.1) is 0 Å². The highest BCUT2D eigenvalue weighted by molar-refractivity contribution is 7.86. The molecule has 2 aliphatic heterocycles. The zero-order valence-corrected chi connectivity index (χ0v) is 36.0. The van der Waals surface area contributed by atoms with Crippen molar-refractivity contribution in [1.82, 2.24) is 0 Å². The minimum atomic E-state index is -4.69. The summed E-state index contributed by atoms with van der Waals surface area (Å²) < 4.78 is 137. The van der Waals surface area contributed by atoms with Gasteiger partial charge in [-0.2, -0.15) is 21.4 Å². The van der Waals surface area contributed by atoms with Gasteiger partial charge in [0.1, 0.15) is 6.54 Å². The summed E-state index contributed by atoms with van der Waals surface area (Å²) >= 11 is 0. The van der Waals surface area contributed by atoms with Gasteiger partial charge in [0.15, 0.2) is 5.71 Å². The minimum absolute atomic E-state index is 0.00944. The second-order valence-corrected chi connectivity index (χ2v) is 20.8. The van der Waals surface area contributed by atoms with E-state index in [0.717, 1.165) is 12.1 Å². The first-order valence-corrected chi connectivity index (χ1v) is 24.3. The second kappa shape index (κ2) is 18.2. The first kappa shape index (κ1) is 48.1. The van der Waals surface area contributed by atoms with E-state index in [4.69, 9.17) is 0 Å². The van der Waals surface area contributed by atoms with Crippen LogP contribution in [0.1, 0.15) is 70.4 Å². The summed E-state index contributed by atoms with van der Waals surface area (Å²) in [6, 6.07) is 7.46. The molecule has 0 saturated heterocycles. The van der Waals surface area contributed by atoms with Gasteiger partial charge in [0.2, 0.25) is 5.69 Å². The van der Waals surface area contributed by atoms with Crippen molar-refractivity contribution in [2.24, 2.45) is 0 Å². The molecule has 0 spiro atoms. The highest BCUT2D eigenvalue weighted by Crippen LogP contribution is 2.51. The molecule has 22 heteroatoms. The molecule has 0 amide bonds. The standard InChI is InChI=1S/C38H46N2O16S4/c1-26(10-8-12-33-37(2,24-35(41)42)29-22-27(59(51,52)53)14-16-31(29)39(33)18-4-6-20-57(45,46)47)11-9-13-34-38(3,25-36(43)44)30-23-28(60(54,55)56)15-17-32(30)40(34)19-5-7-21-58(48,49)50/h8-17,22-23H,4-7,18-21,24-25H2,1-3H3,(H5-,41,42,43,44,45,46,47,48,49,50,51,52,53,54,55,56)/p-1. The normalized spacial score (nSPS) is 20.8. The lowest BCUT2D eigenvalue weighted by molar-refractivity contribution is -0.438. The number of fused-ring (bicyclic) bond motifs is 2. The van der Waals surface area contributed by atoms with E-state index in [1.165, 1.54) is 24.3 Å². The average Bonchev–Trinajstić information content (AvgIpc) is 3.45. The molecule has 2 heterocycles. The summed E-state index contributed by atoms with van der Waals surface area (Å²) in [5, 5.41) is 19.9. The van der Waals surface area contributed by atoms with Crippen molar-refractivity contribution in [3.63, 3.8) is 0 Å². The molecule has 0 fully saturated rings. The fraction of sp³-hybridized carbons (Fsp3) is 0.395. The topological polar surface area (TPSA) is 304 Å². The molecule has 0 bridgehead atoms. The molecule has 0 aromatic heterocycles. The van der Waals surface area contributed by atoms with Crippen LogP contribution >= 0.6 is 0 Å². The summed E-state index contributed by atoms with van der Waals surface area (Å²) in [6.45, 7) is 5.10. The molecular weight excluding hydrogens is 869 g/mol. The largest absolute Gasteiger partial charge is 0.748 e. The Labute approximate surface area is 348 Å². The van der Waals surface area contributed by atoms with E-state index in [1.807, 2.05) is 0 Å². The predicted molar refractivity (Wildman–Crippen MR) is 217 cm³/mol. The maximum atomic E-state index is 12.2. The van der Waals surface area contributed by atoms with E-state index in [1.54, 1.807) is 66.7 Å². The van der Waals surface area contributed by atoms with Crippen molar-refractivity contribution < 1.29 is 76.3 Å². The summed E-state index contributed by atoms with van der Waals surface area (Å²) in [6.07, 6.45) is 9.03. The van der Waals surface area contributed by atoms with Gasteiger partial charge in [-0.1, -0.05) is 29.9 Å². The Kier molecular flexibility index (Phi) is 14.6. The van der Waals surface area contributed by atoms with Crippen LogP contribution < -0.4 is 4.90 Å². The van der Waals surface area contributed by atoms with Crippen LogP contribution in [0.2, 0.25) is 0 Å². The molecule has 2 aromatic carbocycles. The van der Waals surface area contributed by atoms with Crippen molar-refractivity contribution in [2.45, 2.75) is 79.9 Å². The molecule has 0 radical (unpaired) electrons. The zero-order chi connectivity index (χ0) is 45.1. The van der Waals surface area contributed by atoms with Crippen LogP contribution in [0.25, 0.3) is 0 Å². The monoisotopic (exact) mass is 913 g/mol. The SMILES string of the molecule is CC(/C=C/C=C1/N(CCCCS(=O)(=O)[O-])c2ccc(S(=O)(=O)O)cc2C1(C)CC(=O)O)=C\C=C\C1=[N+](CCCCS(=O)(=O)[O-])c2ccc(S(=O)(=O)O)cc2C1(C)CC(=O)O. The average molecular weight is 914 g/mol. The van der Waals surface area contributed by atoms with Gasteiger partial charge in [-0.25, -0.2) is 16.8 Å². The number of rotatable bonds is 20. The molecule has 60 heavy (non-hydrogen) atoms. The van der Waals surface area contributed by atoms with Crippen LogP contribution in [0, 0.1) is 0 Å². The predicted octanol–water partition coefficient (Wildman–Crippen LogP) is 3.86. The lowest BCUT2D eigenvalue weighted by Gasteiger charge is -2.29. The number of hydrogen-bond donors (Lipinski definition) is 4. The van der Waals surface area contributed by atoms with Crippen LogP contribution in [-0.2, 0) is 60.9 Å². The highest BCUT2D eigenvalue weighted by atomic mass is 32.2. The van der Waals surface area contributed by atoms with Crippen LogP contribution in [0.4, 0.5) is 11.4 Å². The summed E-state index contributed by atoms with van der Waals surface area (Å²) in [4.78, 5) is 25.2. The maximum absolute atomic E-state index is 12.2. The van der Waals surface area contributed by atoms with Crippen molar-refractivity contribution in [3.05, 3.63) is 95.3 Å². The van der Waals surface area contributed by atoms with E-state index < -0.39 is 97.4 Å². The zero-order valence-electron chi connectivity index (χ0n) is 32.7. The Hall–Kier alpha value is -4.55. The first-order valence-electron chi connectivity index (χ1n) is 18.3. The van der Waals surface area contributed by atoms with Crippen molar-refractivity contribution in [2.75, 3.05) is 29.5 Å². The number of aliphatic carboxylic acids is 2. The summed E-state index contributed by atoms with van der Waals surface area (Å²) in [5.74, 6) is -3.71. The lowest BCUT2D eigenvalue weighted by atomic mass is 9.76. The van der Waals surface area contributed by atoms with E-state index in [-0.39, 0.29) is 49.9 Å². The van der Waals surface area contributed by atoms with E-state index >= 15 is 0 Å². The van der Waals surface area contributed by atoms with Gasteiger partial charge in [0.25, 0.3) is 20.2 Å². The van der Waals surface area contributed by atoms with Gasteiger partial charge < -0.3 is 24.2 Å². The third kappa shape index (κ3) is 11.8. The van der Waals surface area contributed by atoms with Gasteiger partial charge >= 0.3 is 11.9 Å². The summed E-state index contributed by atoms with van der Waals surface area (Å²) in [7, 11) is -18.4. The Bertz CT molecular complexity index is 2660. The molecule has 2 atom stereocenters. The van der Waals surface area contributed by atoms with Crippen molar-refractivity contribution in [1.29, 1.82) is 0 Å². The fourth-order valence-electron chi connectivity index (χ4n) is 7.58. The van der Waals surface area contributed by atoms with Crippen molar-refractivity contribution >= 4 is 69.5 Å². The van der Waals surface area contributed by atoms with Crippen LogP contribution in [0.15, 0.2) is 93.9 Å². The molecule has 4 rings (SSSR count). The highest BCUT2D eigenvalue weighted by Gasteiger charge is 2.50. The molecule has 18 nitrogen and oxygen atoms in total. The smallest absolute Gasteiger partial charge is 0.304 e. The van der Waals surface area contributed by atoms with E-state index in [2.05, 4.69) is 0 Å². The molecule has 2 aliphatic rings. The minimum Gasteiger partial charge on any atom is -0.748 e. The van der Waals surface area contributed by atoms with E-state index in [0.29, 0.717) is 28.4 Å². The molecule has 2 unspecified atom stereocenters. The summed E-state index contributed by atoms with van der Waals surface area (Å²) in [5.41, 5.74) is 0.0515. The number of hydrogen-bond acceptors (Lipinski definition) is 13. The number of nitrogens with zero attached hydrogens (tertiary/aromatic N) is 2. The Morgan fingerprint density at radius 3 is 1.83 bits per heavy atom. The van der Waals surface area contributed by atoms with Gasteiger partial charge in [-0.3, -0.25) is 18.7 Å². The molecular formula is C38H45N2O16S4-. The molecule has 328 valence electrons.